The summed E-state index contributed by atoms with van der Waals surface area (Å²) in [5.41, 5.74) is 2.34. The van der Waals surface area contributed by atoms with Gasteiger partial charge in [0.15, 0.2) is 9.84 Å². The van der Waals surface area contributed by atoms with Crippen molar-refractivity contribution in [3.63, 3.8) is 0 Å². The Morgan fingerprint density at radius 1 is 1.26 bits per heavy atom. The standard InChI is InChI=1S/C16H20N2O4S/c1-10(13-5-7-14(8-6-13)23(4,20)21)17-16(19)9-15-11(2)18-22-12(15)3/h5-8,10H,9H2,1-4H3,(H,17,19)/t10-/m1/s1. The molecule has 1 heterocycles. The molecular formula is C16H20N2O4S. The van der Waals surface area contributed by atoms with E-state index in [1.54, 1.807) is 38.1 Å². The molecule has 0 saturated heterocycles. The first kappa shape index (κ1) is 17.2. The molecule has 7 heteroatoms. The molecule has 0 spiro atoms. The topological polar surface area (TPSA) is 89.3 Å². The third-order valence-corrected chi connectivity index (χ3v) is 4.83. The highest BCUT2D eigenvalue weighted by atomic mass is 32.2. The monoisotopic (exact) mass is 336 g/mol. The molecule has 2 rings (SSSR count). The van der Waals surface area contributed by atoms with E-state index in [-0.39, 0.29) is 23.3 Å². The van der Waals surface area contributed by atoms with Gasteiger partial charge in [-0.25, -0.2) is 8.42 Å². The van der Waals surface area contributed by atoms with Gasteiger partial charge >= 0.3 is 0 Å². The Labute approximate surface area is 135 Å². The summed E-state index contributed by atoms with van der Waals surface area (Å²) in [6, 6.07) is 6.27. The van der Waals surface area contributed by atoms with Crippen molar-refractivity contribution < 1.29 is 17.7 Å². The van der Waals surface area contributed by atoms with Crippen LogP contribution in [0.15, 0.2) is 33.7 Å². The predicted molar refractivity (Wildman–Crippen MR) is 85.8 cm³/mol. The molecule has 6 nitrogen and oxygen atoms in total. The van der Waals surface area contributed by atoms with Crippen molar-refractivity contribution in [1.29, 1.82) is 0 Å². The molecule has 0 unspecified atom stereocenters. The minimum Gasteiger partial charge on any atom is -0.361 e. The molecule has 0 aliphatic rings. The maximum absolute atomic E-state index is 12.1. The summed E-state index contributed by atoms with van der Waals surface area (Å²) in [7, 11) is -3.22. The summed E-state index contributed by atoms with van der Waals surface area (Å²) in [5, 5.41) is 6.72. The van der Waals surface area contributed by atoms with Crippen LogP contribution in [0, 0.1) is 13.8 Å². The molecule has 1 N–H and O–H groups in total. The van der Waals surface area contributed by atoms with E-state index in [0.717, 1.165) is 17.4 Å². The lowest BCUT2D eigenvalue weighted by Gasteiger charge is -2.14. The van der Waals surface area contributed by atoms with Crippen molar-refractivity contribution in [1.82, 2.24) is 10.5 Å². The van der Waals surface area contributed by atoms with Crippen molar-refractivity contribution >= 4 is 15.7 Å². The summed E-state index contributed by atoms with van der Waals surface area (Å²) in [6.45, 7) is 5.42. The van der Waals surface area contributed by atoms with Crippen LogP contribution in [0.3, 0.4) is 0 Å². The average molecular weight is 336 g/mol. The fraction of sp³-hybridized carbons (Fsp3) is 0.375. The molecule has 1 aromatic carbocycles. The summed E-state index contributed by atoms with van der Waals surface area (Å²) in [6.07, 6.45) is 1.36. The van der Waals surface area contributed by atoms with Gasteiger partial charge in [-0.2, -0.15) is 0 Å². The van der Waals surface area contributed by atoms with Crippen LogP contribution in [-0.2, 0) is 21.1 Å². The van der Waals surface area contributed by atoms with E-state index in [4.69, 9.17) is 4.52 Å². The first-order chi connectivity index (χ1) is 10.7. The van der Waals surface area contributed by atoms with Crippen LogP contribution in [0.5, 0.6) is 0 Å². The first-order valence-electron chi connectivity index (χ1n) is 7.19. The molecule has 1 atom stereocenters. The molecule has 0 saturated carbocycles. The number of carbonyl (C=O) groups is 1. The number of amides is 1. The minimum absolute atomic E-state index is 0.140. The normalized spacial score (nSPS) is 12.9. The van der Waals surface area contributed by atoms with Crippen LogP contribution in [0.4, 0.5) is 0 Å². The van der Waals surface area contributed by atoms with Crippen molar-refractivity contribution in [2.24, 2.45) is 0 Å². The number of hydrogen-bond acceptors (Lipinski definition) is 5. The van der Waals surface area contributed by atoms with Gasteiger partial charge in [0.1, 0.15) is 5.76 Å². The number of hydrogen-bond donors (Lipinski definition) is 1. The Kier molecular flexibility index (Phi) is 4.89. The summed E-state index contributed by atoms with van der Waals surface area (Å²) in [4.78, 5) is 12.4. The highest BCUT2D eigenvalue weighted by Crippen LogP contribution is 2.17. The van der Waals surface area contributed by atoms with E-state index in [1.165, 1.54) is 0 Å². The third kappa shape index (κ3) is 4.19. The molecule has 0 radical (unpaired) electrons. The molecule has 124 valence electrons. The number of aryl methyl sites for hydroxylation is 2. The van der Waals surface area contributed by atoms with Gasteiger partial charge in [-0.3, -0.25) is 4.79 Å². The molecule has 0 aliphatic carbocycles. The highest BCUT2D eigenvalue weighted by Gasteiger charge is 2.16. The van der Waals surface area contributed by atoms with Gasteiger partial charge in [0.2, 0.25) is 5.91 Å². The van der Waals surface area contributed by atoms with Crippen LogP contribution in [0.1, 0.15) is 35.5 Å². The maximum Gasteiger partial charge on any atom is 0.225 e. The number of carbonyl (C=O) groups excluding carboxylic acids is 1. The smallest absolute Gasteiger partial charge is 0.225 e. The van der Waals surface area contributed by atoms with E-state index >= 15 is 0 Å². The third-order valence-electron chi connectivity index (χ3n) is 3.70. The van der Waals surface area contributed by atoms with Gasteiger partial charge in [-0.05, 0) is 38.5 Å². The Morgan fingerprint density at radius 3 is 2.35 bits per heavy atom. The van der Waals surface area contributed by atoms with Crippen LogP contribution in [0.2, 0.25) is 0 Å². The lowest BCUT2D eigenvalue weighted by molar-refractivity contribution is -0.121. The Morgan fingerprint density at radius 2 is 1.87 bits per heavy atom. The van der Waals surface area contributed by atoms with Gasteiger partial charge in [-0.1, -0.05) is 17.3 Å². The number of rotatable bonds is 5. The van der Waals surface area contributed by atoms with Crippen molar-refractivity contribution in [3.05, 3.63) is 46.8 Å². The van der Waals surface area contributed by atoms with E-state index in [0.29, 0.717) is 11.5 Å². The highest BCUT2D eigenvalue weighted by molar-refractivity contribution is 7.90. The van der Waals surface area contributed by atoms with Crippen LogP contribution >= 0.6 is 0 Å². The molecule has 2 aromatic rings. The number of benzene rings is 1. The van der Waals surface area contributed by atoms with Gasteiger partial charge in [0.25, 0.3) is 0 Å². The average Bonchev–Trinajstić information content (AvgIpc) is 2.78. The van der Waals surface area contributed by atoms with Gasteiger partial charge in [0.05, 0.1) is 23.1 Å². The molecule has 0 fully saturated rings. The Hall–Kier alpha value is -2.15. The van der Waals surface area contributed by atoms with E-state index in [1.807, 2.05) is 6.92 Å². The largest absolute Gasteiger partial charge is 0.361 e. The van der Waals surface area contributed by atoms with E-state index in [2.05, 4.69) is 10.5 Å². The SMILES string of the molecule is Cc1noc(C)c1CC(=O)N[C@H](C)c1ccc(S(C)(=O)=O)cc1. The molecule has 0 aliphatic heterocycles. The fourth-order valence-corrected chi connectivity index (χ4v) is 2.92. The second-order valence-corrected chi connectivity index (χ2v) is 7.63. The number of sulfone groups is 1. The Balaban J connectivity index is 2.04. The fourth-order valence-electron chi connectivity index (χ4n) is 2.29. The zero-order valence-electron chi connectivity index (χ0n) is 13.6. The van der Waals surface area contributed by atoms with Crippen LogP contribution in [0.25, 0.3) is 0 Å². The van der Waals surface area contributed by atoms with Crippen LogP contribution in [-0.4, -0.2) is 25.7 Å². The lowest BCUT2D eigenvalue weighted by Crippen LogP contribution is -2.28. The van der Waals surface area contributed by atoms with Crippen molar-refractivity contribution in [2.75, 3.05) is 6.26 Å². The van der Waals surface area contributed by atoms with E-state index in [9.17, 15) is 13.2 Å². The molecular weight excluding hydrogens is 316 g/mol. The molecule has 23 heavy (non-hydrogen) atoms. The number of nitrogens with one attached hydrogen (secondary N) is 1. The van der Waals surface area contributed by atoms with Crippen molar-refractivity contribution in [2.45, 2.75) is 38.1 Å². The Bertz CT molecular complexity index is 788. The number of aromatic nitrogens is 1. The second-order valence-electron chi connectivity index (χ2n) is 5.61. The summed E-state index contributed by atoms with van der Waals surface area (Å²) >= 11 is 0. The van der Waals surface area contributed by atoms with Crippen LogP contribution < -0.4 is 5.32 Å². The predicted octanol–water partition coefficient (Wildman–Crippen LogP) is 2.11. The summed E-state index contributed by atoms with van der Waals surface area (Å²) in [5.74, 6) is 0.502. The molecule has 1 aromatic heterocycles. The van der Waals surface area contributed by atoms with Crippen molar-refractivity contribution in [3.8, 4) is 0 Å². The molecule has 1 amide bonds. The summed E-state index contributed by atoms with van der Waals surface area (Å²) < 4.78 is 27.9. The zero-order valence-corrected chi connectivity index (χ0v) is 14.4. The maximum atomic E-state index is 12.1. The van der Waals surface area contributed by atoms with Gasteiger partial charge < -0.3 is 9.84 Å². The second kappa shape index (κ2) is 6.54. The van der Waals surface area contributed by atoms with E-state index < -0.39 is 9.84 Å². The quantitative estimate of drug-likeness (QED) is 0.903. The lowest BCUT2D eigenvalue weighted by atomic mass is 10.1. The number of nitrogens with zero attached hydrogens (tertiary/aromatic N) is 1. The van der Waals surface area contributed by atoms with Gasteiger partial charge in [-0.15, -0.1) is 0 Å². The minimum atomic E-state index is -3.22. The zero-order chi connectivity index (χ0) is 17.2. The van der Waals surface area contributed by atoms with Gasteiger partial charge in [0, 0.05) is 11.8 Å². The molecule has 0 bridgehead atoms. The first-order valence-corrected chi connectivity index (χ1v) is 9.08.